The molecule has 0 bridgehead atoms. The molecule has 0 radical (unpaired) electrons. The number of rotatable bonds is 6. The van der Waals surface area contributed by atoms with Crippen molar-refractivity contribution in [1.82, 2.24) is 20.0 Å². The van der Waals surface area contributed by atoms with Crippen molar-refractivity contribution in [1.29, 1.82) is 0 Å². The van der Waals surface area contributed by atoms with Crippen molar-refractivity contribution in [2.45, 2.75) is 65.0 Å². The molecule has 26 heavy (non-hydrogen) atoms. The standard InChI is InChI=1S/C20H36N4O2/c1-4-22-12-14-23(15-13-22)11-10-21-18(25)17-20(8-6-5-7-9-20)19(26)24(17)16(2)3/h16-17H,4-15H2,1-3H3,(H,21,25). The number of hydrogen-bond acceptors (Lipinski definition) is 4. The second kappa shape index (κ2) is 8.26. The van der Waals surface area contributed by atoms with Crippen LogP contribution in [0.3, 0.4) is 0 Å². The normalized spacial score (nSPS) is 27.0. The largest absolute Gasteiger partial charge is 0.353 e. The van der Waals surface area contributed by atoms with E-state index in [0.29, 0.717) is 6.54 Å². The molecule has 148 valence electrons. The van der Waals surface area contributed by atoms with E-state index in [1.165, 1.54) is 6.42 Å². The third-order valence-corrected chi connectivity index (χ3v) is 6.65. The van der Waals surface area contributed by atoms with Crippen molar-refractivity contribution in [3.63, 3.8) is 0 Å². The molecule has 2 heterocycles. The Bertz CT molecular complexity index is 508. The number of hydrogen-bond donors (Lipinski definition) is 1. The highest BCUT2D eigenvalue weighted by Gasteiger charge is 2.63. The van der Waals surface area contributed by atoms with E-state index < -0.39 is 5.41 Å². The van der Waals surface area contributed by atoms with Crippen LogP contribution in [0.4, 0.5) is 0 Å². The lowest BCUT2D eigenvalue weighted by Crippen LogP contribution is -2.75. The van der Waals surface area contributed by atoms with Crippen molar-refractivity contribution in [3.8, 4) is 0 Å². The Morgan fingerprint density at radius 2 is 1.73 bits per heavy atom. The number of nitrogens with one attached hydrogen (secondary N) is 1. The lowest BCUT2D eigenvalue weighted by atomic mass is 9.61. The number of carbonyl (C=O) groups excluding carboxylic acids is 2. The monoisotopic (exact) mass is 364 g/mol. The number of β-lactam (4-membered cyclic amide) rings is 1. The fourth-order valence-corrected chi connectivity index (χ4v) is 5.03. The first-order chi connectivity index (χ1) is 12.5. The van der Waals surface area contributed by atoms with Gasteiger partial charge in [-0.3, -0.25) is 14.5 Å². The van der Waals surface area contributed by atoms with Gasteiger partial charge in [0, 0.05) is 45.3 Å². The first-order valence-corrected chi connectivity index (χ1v) is 10.5. The van der Waals surface area contributed by atoms with Crippen LogP contribution in [0.15, 0.2) is 0 Å². The van der Waals surface area contributed by atoms with E-state index in [4.69, 9.17) is 0 Å². The summed E-state index contributed by atoms with van der Waals surface area (Å²) in [6.07, 6.45) is 5.10. The molecule has 2 aliphatic heterocycles. The third-order valence-electron chi connectivity index (χ3n) is 6.65. The number of likely N-dealkylation sites (N-methyl/N-ethyl adjacent to an activating group) is 1. The first-order valence-electron chi connectivity index (χ1n) is 10.5. The van der Waals surface area contributed by atoms with Crippen LogP contribution >= 0.6 is 0 Å². The van der Waals surface area contributed by atoms with E-state index >= 15 is 0 Å². The van der Waals surface area contributed by atoms with Gasteiger partial charge in [0.15, 0.2) is 0 Å². The van der Waals surface area contributed by atoms with Gasteiger partial charge in [-0.15, -0.1) is 0 Å². The summed E-state index contributed by atoms with van der Waals surface area (Å²) in [6.45, 7) is 13.3. The molecular weight excluding hydrogens is 328 g/mol. The highest BCUT2D eigenvalue weighted by molar-refractivity contribution is 6.02. The van der Waals surface area contributed by atoms with Crippen molar-refractivity contribution in [2.24, 2.45) is 5.41 Å². The van der Waals surface area contributed by atoms with Gasteiger partial charge in [0.1, 0.15) is 6.04 Å². The Kier molecular flexibility index (Phi) is 6.23. The van der Waals surface area contributed by atoms with Gasteiger partial charge in [-0.25, -0.2) is 0 Å². The number of amides is 2. The maximum absolute atomic E-state index is 13.0. The van der Waals surface area contributed by atoms with Gasteiger partial charge in [-0.2, -0.15) is 0 Å². The van der Waals surface area contributed by atoms with Crippen LogP contribution in [0.5, 0.6) is 0 Å². The minimum absolute atomic E-state index is 0.0624. The lowest BCUT2D eigenvalue weighted by Gasteiger charge is -2.58. The quantitative estimate of drug-likeness (QED) is 0.722. The van der Waals surface area contributed by atoms with Crippen LogP contribution in [-0.2, 0) is 9.59 Å². The topological polar surface area (TPSA) is 55.9 Å². The molecule has 1 unspecified atom stereocenters. The summed E-state index contributed by atoms with van der Waals surface area (Å²) in [6, 6.07) is -0.167. The van der Waals surface area contributed by atoms with Crippen LogP contribution in [0.25, 0.3) is 0 Å². The average molecular weight is 365 g/mol. The van der Waals surface area contributed by atoms with Crippen molar-refractivity contribution >= 4 is 11.8 Å². The van der Waals surface area contributed by atoms with Gasteiger partial charge < -0.3 is 15.1 Å². The molecule has 0 aromatic carbocycles. The zero-order valence-electron chi connectivity index (χ0n) is 16.8. The SMILES string of the molecule is CCN1CCN(CCNC(=O)C2N(C(C)C)C(=O)C23CCCCC3)CC1. The van der Waals surface area contributed by atoms with Crippen molar-refractivity contribution < 1.29 is 9.59 Å². The smallest absolute Gasteiger partial charge is 0.243 e. The molecule has 1 N–H and O–H groups in total. The summed E-state index contributed by atoms with van der Waals surface area (Å²) >= 11 is 0. The van der Waals surface area contributed by atoms with Gasteiger partial charge in [0.2, 0.25) is 11.8 Å². The average Bonchev–Trinajstić information content (AvgIpc) is 2.66. The molecule has 1 atom stereocenters. The van der Waals surface area contributed by atoms with E-state index in [2.05, 4.69) is 22.0 Å². The van der Waals surface area contributed by atoms with Crippen LogP contribution in [-0.4, -0.2) is 84.4 Å². The Morgan fingerprint density at radius 1 is 1.12 bits per heavy atom. The maximum atomic E-state index is 13.0. The van der Waals surface area contributed by atoms with E-state index in [9.17, 15) is 9.59 Å². The molecule has 2 amide bonds. The molecular formula is C20H36N4O2. The minimum atomic E-state index is -0.403. The van der Waals surface area contributed by atoms with Crippen LogP contribution < -0.4 is 5.32 Å². The van der Waals surface area contributed by atoms with Gasteiger partial charge in [0.25, 0.3) is 0 Å². The maximum Gasteiger partial charge on any atom is 0.243 e. The third kappa shape index (κ3) is 3.63. The molecule has 6 heteroatoms. The van der Waals surface area contributed by atoms with Crippen LogP contribution in [0.1, 0.15) is 52.9 Å². The number of likely N-dealkylation sites (tertiary alicyclic amines) is 1. The van der Waals surface area contributed by atoms with Gasteiger partial charge >= 0.3 is 0 Å². The molecule has 0 aromatic rings. The van der Waals surface area contributed by atoms with Crippen LogP contribution in [0.2, 0.25) is 0 Å². The summed E-state index contributed by atoms with van der Waals surface area (Å²) < 4.78 is 0. The van der Waals surface area contributed by atoms with Gasteiger partial charge in [-0.05, 0) is 33.2 Å². The first kappa shape index (κ1) is 19.6. The van der Waals surface area contributed by atoms with Crippen LogP contribution in [0, 0.1) is 5.41 Å². The Hall–Kier alpha value is -1.14. The fourth-order valence-electron chi connectivity index (χ4n) is 5.03. The van der Waals surface area contributed by atoms with Gasteiger partial charge in [0.05, 0.1) is 5.41 Å². The molecule has 1 saturated carbocycles. The molecule has 6 nitrogen and oxygen atoms in total. The van der Waals surface area contributed by atoms with Crippen molar-refractivity contribution in [2.75, 3.05) is 45.8 Å². The molecule has 1 spiro atoms. The number of nitrogens with zero attached hydrogens (tertiary/aromatic N) is 3. The molecule has 1 aliphatic carbocycles. The number of piperazine rings is 1. The summed E-state index contributed by atoms with van der Waals surface area (Å²) in [5.74, 6) is 0.274. The zero-order valence-corrected chi connectivity index (χ0v) is 16.8. The Balaban J connectivity index is 1.53. The molecule has 3 fully saturated rings. The Labute approximate surface area is 158 Å². The van der Waals surface area contributed by atoms with Crippen molar-refractivity contribution in [3.05, 3.63) is 0 Å². The summed E-state index contributed by atoms with van der Waals surface area (Å²) in [5, 5.41) is 3.15. The predicted molar refractivity (Wildman–Crippen MR) is 103 cm³/mol. The Morgan fingerprint density at radius 3 is 2.31 bits per heavy atom. The predicted octanol–water partition coefficient (Wildman–Crippen LogP) is 1.31. The molecule has 3 aliphatic rings. The van der Waals surface area contributed by atoms with E-state index in [0.717, 1.165) is 65.0 Å². The summed E-state index contributed by atoms with van der Waals surface area (Å²) in [7, 11) is 0. The fraction of sp³-hybridized carbons (Fsp3) is 0.900. The summed E-state index contributed by atoms with van der Waals surface area (Å²) in [4.78, 5) is 32.5. The molecule has 0 aromatic heterocycles. The second-order valence-corrected chi connectivity index (χ2v) is 8.49. The minimum Gasteiger partial charge on any atom is -0.353 e. The highest BCUT2D eigenvalue weighted by Crippen LogP contribution is 2.50. The zero-order chi connectivity index (χ0) is 18.7. The van der Waals surface area contributed by atoms with E-state index in [1.54, 1.807) is 0 Å². The number of carbonyl (C=O) groups is 2. The second-order valence-electron chi connectivity index (χ2n) is 8.49. The van der Waals surface area contributed by atoms with E-state index in [-0.39, 0.29) is 23.9 Å². The molecule has 2 saturated heterocycles. The molecule has 3 rings (SSSR count). The lowest BCUT2D eigenvalue weighted by molar-refractivity contribution is -0.185. The summed E-state index contributed by atoms with van der Waals surface area (Å²) in [5.41, 5.74) is -0.403. The highest BCUT2D eigenvalue weighted by atomic mass is 16.2. The van der Waals surface area contributed by atoms with Gasteiger partial charge in [-0.1, -0.05) is 26.2 Å². The van der Waals surface area contributed by atoms with E-state index in [1.807, 2.05) is 18.7 Å².